The molecule has 0 bridgehead atoms. The van der Waals surface area contributed by atoms with E-state index in [9.17, 15) is 18.0 Å². The van der Waals surface area contributed by atoms with Crippen molar-refractivity contribution in [2.24, 2.45) is 0 Å². The summed E-state index contributed by atoms with van der Waals surface area (Å²) >= 11 is 1.54. The average molecular weight is 417 g/mol. The lowest BCUT2D eigenvalue weighted by molar-refractivity contribution is -0.137. The number of aromatic nitrogens is 2. The first-order chi connectivity index (χ1) is 13.9. The van der Waals surface area contributed by atoms with Crippen LogP contribution in [0.4, 0.5) is 18.9 Å². The Balaban J connectivity index is 1.35. The molecular formula is C20H14F3N3O2S. The van der Waals surface area contributed by atoms with E-state index in [-0.39, 0.29) is 5.75 Å². The molecule has 1 N–H and O–H groups in total. The van der Waals surface area contributed by atoms with Gasteiger partial charge in [-0.15, -0.1) is 11.3 Å². The number of amides is 1. The lowest BCUT2D eigenvalue weighted by Crippen LogP contribution is -2.20. The lowest BCUT2D eigenvalue weighted by atomic mass is 10.1. The molecule has 2 aromatic heterocycles. The molecule has 4 rings (SSSR count). The minimum Gasteiger partial charge on any atom is -0.484 e. The molecule has 29 heavy (non-hydrogen) atoms. The Kier molecular flexibility index (Phi) is 4.98. The number of carbonyl (C=O) groups excluding carboxylic acids is 1. The third-order valence-corrected chi connectivity index (χ3v) is 4.86. The van der Waals surface area contributed by atoms with Crippen LogP contribution in [0.15, 0.2) is 66.3 Å². The number of ether oxygens (including phenoxy) is 1. The zero-order valence-corrected chi connectivity index (χ0v) is 15.6. The SMILES string of the molecule is O=C(COc1cccc(C(F)(F)F)c1)Nc1ccc(-c2cn3ccsc3n2)cc1. The number of anilines is 1. The number of rotatable bonds is 5. The average Bonchev–Trinajstić information content (AvgIpc) is 3.29. The zero-order valence-electron chi connectivity index (χ0n) is 14.8. The Morgan fingerprint density at radius 1 is 1.17 bits per heavy atom. The molecule has 0 unspecified atom stereocenters. The molecule has 0 saturated heterocycles. The molecule has 0 atom stereocenters. The highest BCUT2D eigenvalue weighted by Gasteiger charge is 2.30. The first-order valence-electron chi connectivity index (χ1n) is 8.51. The van der Waals surface area contributed by atoms with E-state index in [0.29, 0.717) is 5.69 Å². The van der Waals surface area contributed by atoms with Crippen molar-refractivity contribution in [3.8, 4) is 17.0 Å². The fourth-order valence-corrected chi connectivity index (χ4v) is 3.40. The summed E-state index contributed by atoms with van der Waals surface area (Å²) in [5.74, 6) is -0.497. The van der Waals surface area contributed by atoms with Gasteiger partial charge in [-0.2, -0.15) is 13.2 Å². The van der Waals surface area contributed by atoms with Crippen molar-refractivity contribution in [1.82, 2.24) is 9.38 Å². The van der Waals surface area contributed by atoms with Gasteiger partial charge in [0.2, 0.25) is 0 Å². The number of benzene rings is 2. The molecule has 9 heteroatoms. The van der Waals surface area contributed by atoms with Gasteiger partial charge >= 0.3 is 6.18 Å². The van der Waals surface area contributed by atoms with Crippen molar-refractivity contribution in [1.29, 1.82) is 0 Å². The van der Waals surface area contributed by atoms with Gasteiger partial charge in [0.25, 0.3) is 5.91 Å². The van der Waals surface area contributed by atoms with Crippen LogP contribution in [0.3, 0.4) is 0 Å². The highest BCUT2D eigenvalue weighted by Crippen LogP contribution is 2.31. The number of hydrogen-bond donors (Lipinski definition) is 1. The molecule has 1 amide bonds. The minimum absolute atomic E-state index is 0.0231. The number of nitrogens with zero attached hydrogens (tertiary/aromatic N) is 2. The summed E-state index contributed by atoms with van der Waals surface area (Å²) in [5.41, 5.74) is 1.44. The molecule has 0 radical (unpaired) electrons. The van der Waals surface area contributed by atoms with Crippen LogP contribution in [0.1, 0.15) is 5.56 Å². The molecule has 0 aliphatic heterocycles. The van der Waals surface area contributed by atoms with E-state index in [0.717, 1.165) is 28.4 Å². The van der Waals surface area contributed by atoms with Gasteiger partial charge in [-0.3, -0.25) is 9.20 Å². The predicted octanol–water partition coefficient (Wildman–Crippen LogP) is 5.10. The topological polar surface area (TPSA) is 55.6 Å². The van der Waals surface area contributed by atoms with Gasteiger partial charge in [-0.05, 0) is 30.3 Å². The highest BCUT2D eigenvalue weighted by atomic mass is 32.1. The number of halogens is 3. The molecule has 0 aliphatic rings. The van der Waals surface area contributed by atoms with Crippen LogP contribution in [-0.4, -0.2) is 21.9 Å². The van der Waals surface area contributed by atoms with E-state index in [2.05, 4.69) is 10.3 Å². The summed E-state index contributed by atoms with van der Waals surface area (Å²) in [7, 11) is 0. The molecule has 0 saturated carbocycles. The Morgan fingerprint density at radius 2 is 1.97 bits per heavy atom. The highest BCUT2D eigenvalue weighted by molar-refractivity contribution is 7.15. The molecule has 2 heterocycles. The van der Waals surface area contributed by atoms with Gasteiger partial charge in [-0.25, -0.2) is 4.98 Å². The Labute approximate surface area is 167 Å². The third-order valence-electron chi connectivity index (χ3n) is 4.09. The minimum atomic E-state index is -4.46. The largest absolute Gasteiger partial charge is 0.484 e. The normalized spacial score (nSPS) is 11.6. The molecule has 0 fully saturated rings. The monoisotopic (exact) mass is 417 g/mol. The quantitative estimate of drug-likeness (QED) is 0.492. The van der Waals surface area contributed by atoms with E-state index in [1.54, 1.807) is 12.1 Å². The number of hydrogen-bond acceptors (Lipinski definition) is 4. The summed E-state index contributed by atoms with van der Waals surface area (Å²) < 4.78 is 45.2. The van der Waals surface area contributed by atoms with E-state index in [1.807, 2.05) is 34.3 Å². The molecule has 5 nitrogen and oxygen atoms in total. The number of fused-ring (bicyclic) bond motifs is 1. The Morgan fingerprint density at radius 3 is 2.69 bits per heavy atom. The summed E-state index contributed by atoms with van der Waals surface area (Å²) in [4.78, 5) is 17.4. The van der Waals surface area contributed by atoms with Gasteiger partial charge in [0.05, 0.1) is 11.3 Å². The number of thiazole rings is 1. The van der Waals surface area contributed by atoms with Gasteiger partial charge < -0.3 is 10.1 Å². The maximum atomic E-state index is 12.7. The van der Waals surface area contributed by atoms with Crippen LogP contribution in [0.5, 0.6) is 5.75 Å². The summed E-state index contributed by atoms with van der Waals surface area (Å²) in [6.07, 6.45) is -0.620. The van der Waals surface area contributed by atoms with Gasteiger partial charge in [0, 0.05) is 29.0 Å². The standard InChI is InChI=1S/C20H14F3N3O2S/c21-20(22,23)14-2-1-3-16(10-14)28-12-18(27)24-15-6-4-13(5-7-15)17-11-26-8-9-29-19(26)25-17/h1-11H,12H2,(H,24,27). The summed E-state index contributed by atoms with van der Waals surface area (Å²) in [5, 5.41) is 4.60. The van der Waals surface area contributed by atoms with E-state index in [4.69, 9.17) is 4.74 Å². The molecule has 0 aliphatic carbocycles. The third kappa shape index (κ3) is 4.40. The number of alkyl halides is 3. The van der Waals surface area contributed by atoms with Crippen molar-refractivity contribution in [2.45, 2.75) is 6.18 Å². The lowest BCUT2D eigenvalue weighted by Gasteiger charge is -2.10. The predicted molar refractivity (Wildman–Crippen MR) is 104 cm³/mol. The Bertz CT molecular complexity index is 1120. The second kappa shape index (κ2) is 7.59. The maximum absolute atomic E-state index is 12.7. The summed E-state index contributed by atoms with van der Waals surface area (Å²) in [6, 6.07) is 11.5. The van der Waals surface area contributed by atoms with Crippen molar-refractivity contribution in [3.05, 3.63) is 71.9 Å². The van der Waals surface area contributed by atoms with Gasteiger partial charge in [0.1, 0.15) is 5.75 Å². The fraction of sp³-hybridized carbons (Fsp3) is 0.100. The van der Waals surface area contributed by atoms with Crippen molar-refractivity contribution in [2.75, 3.05) is 11.9 Å². The van der Waals surface area contributed by atoms with Crippen LogP contribution in [0.2, 0.25) is 0 Å². The number of nitrogens with one attached hydrogen (secondary N) is 1. The molecule has 148 valence electrons. The van der Waals surface area contributed by atoms with Gasteiger partial charge in [0.15, 0.2) is 11.6 Å². The molecule has 2 aromatic carbocycles. The van der Waals surface area contributed by atoms with Crippen molar-refractivity contribution in [3.63, 3.8) is 0 Å². The number of carbonyl (C=O) groups is 1. The van der Waals surface area contributed by atoms with Crippen LogP contribution in [0, 0.1) is 0 Å². The van der Waals surface area contributed by atoms with Gasteiger partial charge in [-0.1, -0.05) is 18.2 Å². The zero-order chi connectivity index (χ0) is 20.4. The van der Waals surface area contributed by atoms with Crippen molar-refractivity contribution < 1.29 is 22.7 Å². The van der Waals surface area contributed by atoms with Crippen LogP contribution >= 0.6 is 11.3 Å². The molecular weight excluding hydrogens is 403 g/mol. The van der Waals surface area contributed by atoms with E-state index < -0.39 is 24.3 Å². The van der Waals surface area contributed by atoms with Crippen LogP contribution < -0.4 is 10.1 Å². The van der Waals surface area contributed by atoms with Crippen molar-refractivity contribution >= 4 is 27.9 Å². The molecule has 4 aromatic rings. The van der Waals surface area contributed by atoms with Crippen LogP contribution in [0.25, 0.3) is 16.2 Å². The maximum Gasteiger partial charge on any atom is 0.416 e. The first-order valence-corrected chi connectivity index (χ1v) is 9.39. The first kappa shape index (κ1) is 19.0. The van der Waals surface area contributed by atoms with Crippen LogP contribution in [-0.2, 0) is 11.0 Å². The Hall–Kier alpha value is -3.33. The van der Waals surface area contributed by atoms with E-state index >= 15 is 0 Å². The second-order valence-corrected chi connectivity index (χ2v) is 7.03. The van der Waals surface area contributed by atoms with E-state index in [1.165, 1.54) is 23.5 Å². The fourth-order valence-electron chi connectivity index (χ4n) is 2.70. The molecule has 0 spiro atoms. The smallest absolute Gasteiger partial charge is 0.416 e. The number of imidazole rings is 1. The second-order valence-electron chi connectivity index (χ2n) is 6.16. The summed E-state index contributed by atoms with van der Waals surface area (Å²) in [6.45, 7) is -0.402.